The Morgan fingerprint density at radius 2 is 1.77 bits per heavy atom. The van der Waals surface area contributed by atoms with Gasteiger partial charge in [0, 0.05) is 5.33 Å². The summed E-state index contributed by atoms with van der Waals surface area (Å²) in [7, 11) is 2.38. The molecule has 1 unspecified atom stereocenters. The van der Waals surface area contributed by atoms with Gasteiger partial charge in [0.2, 0.25) is 0 Å². The minimum absolute atomic E-state index is 0. The van der Waals surface area contributed by atoms with Gasteiger partial charge in [-0.2, -0.15) is 0 Å². The Bertz CT molecular complexity index is 135. The van der Waals surface area contributed by atoms with Gasteiger partial charge in [-0.25, -0.2) is 0 Å². The molecule has 1 atom stereocenters. The first-order chi connectivity index (χ1) is 5.66. The largest absolute Gasteiger partial charge is 1.00 e. The number of nitrogens with zero attached hydrogens (tertiary/aromatic N) is 1. The van der Waals surface area contributed by atoms with Gasteiger partial charge in [0.1, 0.15) is 0 Å². The Morgan fingerprint density at radius 3 is 2.23 bits per heavy atom. The highest BCUT2D eigenvalue weighted by molar-refractivity contribution is 9.12. The maximum atomic E-state index is 3.69. The molecular weight excluding hydrogens is 362 g/mol. The van der Waals surface area contributed by atoms with Crippen LogP contribution in [0.3, 0.4) is 0 Å². The van der Waals surface area contributed by atoms with E-state index < -0.39 is 0 Å². The number of alkyl halides is 2. The van der Waals surface area contributed by atoms with Crippen molar-refractivity contribution in [2.45, 2.75) is 24.1 Å². The van der Waals surface area contributed by atoms with E-state index in [0.717, 1.165) is 5.33 Å². The van der Waals surface area contributed by atoms with E-state index >= 15 is 0 Å². The molecule has 0 aromatic heterocycles. The standard InChI is InChI=1S/C9H18Br2N.BrH/c1-12(8-9(11)7-10)5-3-2-4-6-12;/h9H,2-8H2,1H3;1H/q+1;/p-1. The Balaban J connectivity index is 0.00000144. The van der Waals surface area contributed by atoms with Crippen LogP contribution in [0.15, 0.2) is 0 Å². The van der Waals surface area contributed by atoms with Crippen LogP contribution in [0.1, 0.15) is 19.3 Å². The van der Waals surface area contributed by atoms with Crippen LogP contribution < -0.4 is 17.0 Å². The molecule has 1 nitrogen and oxygen atoms in total. The van der Waals surface area contributed by atoms with Gasteiger partial charge in [0.05, 0.1) is 31.5 Å². The predicted molar refractivity (Wildman–Crippen MR) is 61.1 cm³/mol. The fraction of sp³-hybridized carbons (Fsp3) is 1.00. The van der Waals surface area contributed by atoms with E-state index in [1.165, 1.54) is 43.4 Å². The van der Waals surface area contributed by atoms with Gasteiger partial charge in [-0.1, -0.05) is 31.9 Å². The van der Waals surface area contributed by atoms with E-state index in [1.807, 2.05) is 0 Å². The second kappa shape index (κ2) is 6.81. The van der Waals surface area contributed by atoms with Crippen LogP contribution in [0.2, 0.25) is 0 Å². The molecule has 0 radical (unpaired) electrons. The summed E-state index contributed by atoms with van der Waals surface area (Å²) in [6.07, 6.45) is 4.27. The average molecular weight is 380 g/mol. The third-order valence-corrected chi connectivity index (χ3v) is 4.97. The molecule has 4 heteroatoms. The molecule has 1 rings (SSSR count). The second-order valence-corrected chi connectivity index (χ2v) is 6.00. The molecule has 0 amide bonds. The topological polar surface area (TPSA) is 0 Å². The summed E-state index contributed by atoms with van der Waals surface area (Å²) in [5.41, 5.74) is 0. The summed E-state index contributed by atoms with van der Waals surface area (Å²) in [6, 6.07) is 0. The molecular formula is C9H18Br3N. The van der Waals surface area contributed by atoms with Gasteiger partial charge in [0.15, 0.2) is 0 Å². The Kier molecular flexibility index (Phi) is 7.54. The highest BCUT2D eigenvalue weighted by atomic mass is 79.9. The van der Waals surface area contributed by atoms with Crippen LogP contribution in [0, 0.1) is 0 Å². The summed E-state index contributed by atoms with van der Waals surface area (Å²) < 4.78 is 1.27. The lowest BCUT2D eigenvalue weighted by Crippen LogP contribution is -3.00. The Labute approximate surface area is 109 Å². The molecule has 0 aliphatic carbocycles. The molecule has 0 spiro atoms. The van der Waals surface area contributed by atoms with Gasteiger partial charge in [-0.05, 0) is 19.3 Å². The second-order valence-electron chi connectivity index (χ2n) is 4.06. The summed E-state index contributed by atoms with van der Waals surface area (Å²) in [5.74, 6) is 0. The fourth-order valence-electron chi connectivity index (χ4n) is 1.99. The van der Waals surface area contributed by atoms with Gasteiger partial charge in [0.25, 0.3) is 0 Å². The van der Waals surface area contributed by atoms with Gasteiger partial charge < -0.3 is 21.5 Å². The van der Waals surface area contributed by atoms with Crippen molar-refractivity contribution in [1.29, 1.82) is 0 Å². The third-order valence-electron chi connectivity index (χ3n) is 2.70. The zero-order valence-electron chi connectivity index (χ0n) is 8.11. The van der Waals surface area contributed by atoms with E-state index in [2.05, 4.69) is 38.9 Å². The van der Waals surface area contributed by atoms with Crippen LogP contribution in [0.4, 0.5) is 0 Å². The smallest absolute Gasteiger partial charge is 0.0919 e. The van der Waals surface area contributed by atoms with Crippen LogP contribution in [0.25, 0.3) is 0 Å². The predicted octanol–water partition coefficient (Wildman–Crippen LogP) is -0.221. The van der Waals surface area contributed by atoms with Crippen molar-refractivity contribution >= 4 is 31.9 Å². The van der Waals surface area contributed by atoms with Gasteiger partial charge in [-0.3, -0.25) is 0 Å². The number of rotatable bonds is 3. The SMILES string of the molecule is C[N+]1(CC(Br)CBr)CCCCC1.[Br-]. The maximum absolute atomic E-state index is 3.69. The number of quaternary nitrogens is 1. The van der Waals surface area contributed by atoms with Crippen molar-refractivity contribution in [3.05, 3.63) is 0 Å². The number of hydrogen-bond acceptors (Lipinski definition) is 0. The molecule has 0 saturated carbocycles. The highest BCUT2D eigenvalue weighted by Crippen LogP contribution is 2.19. The Morgan fingerprint density at radius 1 is 1.23 bits per heavy atom. The molecule has 0 aromatic rings. The molecule has 1 aliphatic rings. The monoisotopic (exact) mass is 377 g/mol. The van der Waals surface area contributed by atoms with Crippen molar-refractivity contribution in [3.63, 3.8) is 0 Å². The first kappa shape index (κ1) is 14.4. The average Bonchev–Trinajstić information content (AvgIpc) is 2.05. The number of halogens is 3. The molecule has 0 N–H and O–H groups in total. The summed E-state index contributed by atoms with van der Waals surface area (Å²) in [4.78, 5) is 0.639. The van der Waals surface area contributed by atoms with Crippen molar-refractivity contribution in [1.82, 2.24) is 0 Å². The Hall–Kier alpha value is 1.40. The molecule has 1 saturated heterocycles. The number of piperidine rings is 1. The summed E-state index contributed by atoms with van der Waals surface area (Å²) in [5, 5.41) is 1.07. The third kappa shape index (κ3) is 5.14. The summed E-state index contributed by atoms with van der Waals surface area (Å²) in [6.45, 7) is 4.01. The van der Waals surface area contributed by atoms with Crippen LogP contribution in [0.5, 0.6) is 0 Å². The van der Waals surface area contributed by atoms with Crippen molar-refractivity contribution in [2.24, 2.45) is 0 Å². The van der Waals surface area contributed by atoms with Crippen molar-refractivity contribution in [3.8, 4) is 0 Å². The molecule has 1 aliphatic heterocycles. The lowest BCUT2D eigenvalue weighted by atomic mass is 10.1. The van der Waals surface area contributed by atoms with E-state index in [0.29, 0.717) is 4.83 Å². The molecule has 80 valence electrons. The lowest BCUT2D eigenvalue weighted by molar-refractivity contribution is -0.913. The summed E-state index contributed by atoms with van der Waals surface area (Å²) >= 11 is 7.19. The number of hydrogen-bond donors (Lipinski definition) is 0. The van der Waals surface area contributed by atoms with Crippen LogP contribution >= 0.6 is 31.9 Å². The van der Waals surface area contributed by atoms with Crippen LogP contribution in [-0.4, -0.2) is 41.3 Å². The maximum Gasteiger partial charge on any atom is 0.0919 e. The first-order valence-electron chi connectivity index (χ1n) is 4.70. The quantitative estimate of drug-likeness (QED) is 0.470. The van der Waals surface area contributed by atoms with E-state index in [-0.39, 0.29) is 17.0 Å². The van der Waals surface area contributed by atoms with E-state index in [4.69, 9.17) is 0 Å². The van der Waals surface area contributed by atoms with Crippen molar-refractivity contribution < 1.29 is 21.5 Å². The molecule has 0 bridgehead atoms. The molecule has 1 fully saturated rings. The zero-order chi connectivity index (χ0) is 9.03. The highest BCUT2D eigenvalue weighted by Gasteiger charge is 2.26. The van der Waals surface area contributed by atoms with Gasteiger partial charge >= 0.3 is 0 Å². The van der Waals surface area contributed by atoms with Crippen molar-refractivity contribution in [2.75, 3.05) is 32.0 Å². The normalized spacial score (nSPS) is 23.3. The first-order valence-corrected chi connectivity index (χ1v) is 6.74. The fourth-order valence-corrected chi connectivity index (χ4v) is 2.89. The molecule has 0 aromatic carbocycles. The minimum atomic E-state index is 0. The van der Waals surface area contributed by atoms with E-state index in [1.54, 1.807) is 0 Å². The van der Waals surface area contributed by atoms with E-state index in [9.17, 15) is 0 Å². The zero-order valence-corrected chi connectivity index (χ0v) is 12.9. The minimum Gasteiger partial charge on any atom is -1.00 e. The number of likely N-dealkylation sites (tertiary alicyclic amines) is 1. The lowest BCUT2D eigenvalue weighted by Gasteiger charge is -2.38. The molecule has 1 heterocycles. The molecule has 13 heavy (non-hydrogen) atoms. The van der Waals surface area contributed by atoms with Crippen LogP contribution in [-0.2, 0) is 0 Å². The van der Waals surface area contributed by atoms with Gasteiger partial charge in [-0.15, -0.1) is 0 Å².